The fraction of sp³-hybridized carbons (Fsp3) is 0.0370. The predicted molar refractivity (Wildman–Crippen MR) is 244 cm³/mol. The SMILES string of the molecule is O=C1c2ccc([nH]2)/C(c2c(F)c(F)c(F)c(F)c2F)=c2/cc/c([nH]2)=C(\c2c(F)c(F)c(F)c(F)c2F)C2=NC(C=C2)C(=O)c2ccc([nH]2)/C(c2c(F)c(F)c(F)c(F)c2F)=c2/cc/c([nH]2)=C(\c2c(F)c(F)c(F)c(F)c2F)C2=NC1C=C2. The van der Waals surface area contributed by atoms with Gasteiger partial charge in [-0.05, 0) is 60.7 Å². The molecule has 2 unspecified atom stereocenters. The van der Waals surface area contributed by atoms with Crippen LogP contribution >= 0.6 is 0 Å². The number of aromatic amines is 4. The van der Waals surface area contributed by atoms with Gasteiger partial charge >= 0.3 is 0 Å². The van der Waals surface area contributed by atoms with Crippen LogP contribution in [0.5, 0.6) is 0 Å². The number of H-pyrrole nitrogens is 4. The molecule has 0 spiro atoms. The molecule has 12 bridgehead atoms. The first kappa shape index (κ1) is 54.2. The number of halogens is 20. The fourth-order valence-corrected chi connectivity index (χ4v) is 9.41. The molecule has 82 heavy (non-hydrogen) atoms. The summed E-state index contributed by atoms with van der Waals surface area (Å²) in [6.45, 7) is 0. The molecular weight excluding hydrogens is 1140 g/mol. The minimum Gasteiger partial charge on any atom is -0.354 e. The highest BCUT2D eigenvalue weighted by molar-refractivity contribution is 6.31. The Morgan fingerprint density at radius 1 is 0.268 bits per heavy atom. The van der Waals surface area contributed by atoms with E-state index in [2.05, 4.69) is 29.9 Å². The summed E-state index contributed by atoms with van der Waals surface area (Å²) < 4.78 is 306. The van der Waals surface area contributed by atoms with E-state index in [1.165, 1.54) is 0 Å². The fourth-order valence-electron chi connectivity index (χ4n) is 9.41. The third kappa shape index (κ3) is 8.07. The van der Waals surface area contributed by atoms with Gasteiger partial charge in [0.25, 0.3) is 0 Å². The van der Waals surface area contributed by atoms with Crippen molar-refractivity contribution < 1.29 is 97.4 Å². The number of aliphatic imine (C=N–C) groups is 2. The van der Waals surface area contributed by atoms with Crippen molar-refractivity contribution in [3.05, 3.63) is 256 Å². The van der Waals surface area contributed by atoms with Crippen molar-refractivity contribution >= 4 is 45.3 Å². The minimum atomic E-state index is -2.68. The molecule has 0 saturated carbocycles. The Morgan fingerprint density at radius 2 is 0.488 bits per heavy atom. The van der Waals surface area contributed by atoms with Crippen LogP contribution in [0.3, 0.4) is 0 Å². The Labute approximate surface area is 439 Å². The summed E-state index contributed by atoms with van der Waals surface area (Å²) in [5.41, 5.74) is -16.4. The Bertz CT molecular complexity index is 4250. The van der Waals surface area contributed by atoms with Gasteiger partial charge in [0.1, 0.15) is 12.1 Å². The van der Waals surface area contributed by atoms with Crippen molar-refractivity contribution in [3.63, 3.8) is 0 Å². The van der Waals surface area contributed by atoms with Crippen LogP contribution in [-0.4, -0.2) is 55.0 Å². The summed E-state index contributed by atoms with van der Waals surface area (Å²) in [4.78, 5) is 46.0. The van der Waals surface area contributed by atoms with Crippen LogP contribution < -0.4 is 21.4 Å². The van der Waals surface area contributed by atoms with Gasteiger partial charge in [-0.25, -0.2) is 87.8 Å². The van der Waals surface area contributed by atoms with Crippen LogP contribution in [0.1, 0.15) is 54.6 Å². The molecule has 28 heteroatoms. The van der Waals surface area contributed by atoms with Gasteiger partial charge in [0.2, 0.25) is 34.8 Å². The van der Waals surface area contributed by atoms with Crippen molar-refractivity contribution in [1.29, 1.82) is 0 Å². The van der Waals surface area contributed by atoms with E-state index < -0.39 is 240 Å². The summed E-state index contributed by atoms with van der Waals surface area (Å²) in [7, 11) is 0. The smallest absolute Gasteiger partial charge is 0.207 e. The normalized spacial score (nSPS) is 18.9. The molecule has 4 N–H and O–H groups in total. The summed E-state index contributed by atoms with van der Waals surface area (Å²) in [5.74, 6) is -54.1. The average Bonchev–Trinajstić information content (AvgIpc) is 4.53. The maximum Gasteiger partial charge on any atom is 0.207 e. The molecule has 11 rings (SSSR count). The lowest BCUT2D eigenvalue weighted by molar-refractivity contribution is 0.0968. The second-order valence-electron chi connectivity index (χ2n) is 17.8. The molecule has 8 aromatic rings. The van der Waals surface area contributed by atoms with Crippen LogP contribution in [0, 0.1) is 116 Å². The van der Waals surface area contributed by atoms with E-state index in [1.54, 1.807) is 0 Å². The number of hydrogen-bond acceptors (Lipinski definition) is 4. The third-order valence-corrected chi connectivity index (χ3v) is 13.2. The third-order valence-electron chi connectivity index (χ3n) is 13.2. The van der Waals surface area contributed by atoms with Gasteiger partial charge in [-0.2, -0.15) is 0 Å². The van der Waals surface area contributed by atoms with Crippen LogP contribution in [0.2, 0.25) is 0 Å². The van der Waals surface area contributed by atoms with Crippen molar-refractivity contribution in [2.24, 2.45) is 9.98 Å². The van der Waals surface area contributed by atoms with Gasteiger partial charge < -0.3 is 19.9 Å². The molecular formula is C54H18F20N6O2. The molecule has 416 valence electrons. The average molecular weight is 1160 g/mol. The van der Waals surface area contributed by atoms with E-state index in [9.17, 15) is 27.2 Å². The van der Waals surface area contributed by atoms with Crippen LogP contribution in [0.4, 0.5) is 87.8 Å². The number of hydrogen-bond donors (Lipinski definition) is 4. The van der Waals surface area contributed by atoms with Crippen molar-refractivity contribution in [3.8, 4) is 0 Å². The Balaban J connectivity index is 1.25. The first-order chi connectivity index (χ1) is 38.8. The number of benzene rings is 4. The summed E-state index contributed by atoms with van der Waals surface area (Å²) in [6, 6.07) is 2.08. The highest BCUT2D eigenvalue weighted by Crippen LogP contribution is 2.36. The van der Waals surface area contributed by atoms with E-state index in [0.29, 0.717) is 0 Å². The highest BCUT2D eigenvalue weighted by Gasteiger charge is 2.37. The molecule has 4 aromatic carbocycles. The number of nitrogens with one attached hydrogen (secondary N) is 4. The molecule has 3 aliphatic heterocycles. The lowest BCUT2D eigenvalue weighted by Gasteiger charge is -2.13. The molecule has 0 fully saturated rings. The van der Waals surface area contributed by atoms with Gasteiger partial charge in [-0.3, -0.25) is 19.6 Å². The topological polar surface area (TPSA) is 122 Å². The zero-order valence-electron chi connectivity index (χ0n) is 39.4. The standard InChI is InChI=1S/C54H18F20N6O2/c55-33-29(34(56)42(64)49(71)41(33)63)25-13-1-2-14(75-13)26(30-35(57)43(65)50(72)44(66)36(30)58)18-6-10-22(78-18)54(82)24-12-8-20(80-24)28(32-39(61)47(69)52(74)48(70)40(32)62)16-4-3-15(76-16)27(31-37(59)45(67)51(73)46(68)38(31)60)19-7-11-23(79-19)53(81)21-9-5-17(25)77-21/h1-12,21,24,75-76,78-79H/b25-13+,26-14+,27-15+,28-16+. The van der Waals surface area contributed by atoms with Gasteiger partial charge in [-0.15, -0.1) is 0 Å². The van der Waals surface area contributed by atoms with E-state index >= 15 is 70.2 Å². The zero-order chi connectivity index (χ0) is 59.0. The molecule has 0 saturated heterocycles. The maximum absolute atomic E-state index is 15.9. The summed E-state index contributed by atoms with van der Waals surface area (Å²) in [6.07, 6.45) is 3.17. The van der Waals surface area contributed by atoms with Crippen LogP contribution in [-0.2, 0) is 0 Å². The molecule has 4 aromatic heterocycles. The van der Waals surface area contributed by atoms with E-state index in [4.69, 9.17) is 0 Å². The monoisotopic (exact) mass is 1160 g/mol. The van der Waals surface area contributed by atoms with Crippen LogP contribution in [0.15, 0.2) is 82.8 Å². The Morgan fingerprint density at radius 3 is 0.756 bits per heavy atom. The molecule has 0 amide bonds. The number of aromatic nitrogens is 4. The minimum absolute atomic E-state index is 0.717. The molecule has 8 nitrogen and oxygen atoms in total. The lowest BCUT2D eigenvalue weighted by atomic mass is 9.98. The van der Waals surface area contributed by atoms with E-state index in [1.807, 2.05) is 0 Å². The van der Waals surface area contributed by atoms with Crippen LogP contribution in [0.25, 0.3) is 22.3 Å². The number of nitrogens with zero attached hydrogens (tertiary/aromatic N) is 2. The Kier molecular flexibility index (Phi) is 12.9. The quantitative estimate of drug-likeness (QED) is 0.0798. The maximum atomic E-state index is 15.9. The van der Waals surface area contributed by atoms with Gasteiger partial charge in [0.05, 0.1) is 45.1 Å². The highest BCUT2D eigenvalue weighted by atomic mass is 19.2. The number of Topliss-reactive ketones (excluding diaryl/α,β-unsaturated/α-hetero) is 2. The molecule has 2 atom stereocenters. The molecule has 0 aliphatic carbocycles. The van der Waals surface area contributed by atoms with Crippen molar-refractivity contribution in [1.82, 2.24) is 19.9 Å². The number of carbonyl (C=O) groups excluding carboxylic acids is 2. The summed E-state index contributed by atoms with van der Waals surface area (Å²) >= 11 is 0. The van der Waals surface area contributed by atoms with E-state index in [0.717, 1.165) is 72.8 Å². The van der Waals surface area contributed by atoms with Gasteiger partial charge in [0, 0.05) is 55.1 Å². The van der Waals surface area contributed by atoms with E-state index in [-0.39, 0.29) is 0 Å². The predicted octanol–water partition coefficient (Wildman–Crippen LogP) is 9.51. The number of carbonyl (C=O) groups is 2. The largest absolute Gasteiger partial charge is 0.354 e. The number of rotatable bonds is 4. The second-order valence-corrected chi connectivity index (χ2v) is 17.8. The first-order valence-electron chi connectivity index (χ1n) is 22.8. The van der Waals surface area contributed by atoms with Crippen molar-refractivity contribution in [2.45, 2.75) is 12.1 Å². The zero-order valence-corrected chi connectivity index (χ0v) is 39.4. The molecule has 0 radical (unpaired) electrons. The molecule has 7 heterocycles. The lowest BCUT2D eigenvalue weighted by Crippen LogP contribution is -2.24. The molecule has 3 aliphatic rings. The summed E-state index contributed by atoms with van der Waals surface area (Å²) in [5, 5.41) is -3.36. The second kappa shape index (κ2) is 19.5. The van der Waals surface area contributed by atoms with Gasteiger partial charge in [-0.1, -0.05) is 12.2 Å². The number of ketones is 2. The van der Waals surface area contributed by atoms with Gasteiger partial charge in [0.15, 0.2) is 93.1 Å². The first-order valence-corrected chi connectivity index (χ1v) is 22.8. The van der Waals surface area contributed by atoms with Crippen molar-refractivity contribution in [2.75, 3.05) is 0 Å². The number of allylic oxidation sites excluding steroid dienone is 2. The Hall–Kier alpha value is -9.76. The number of fused-ring (bicyclic) bond motifs is 10.